The first-order valence-electron chi connectivity index (χ1n) is 6.57. The van der Waals surface area contributed by atoms with Crippen molar-refractivity contribution >= 4 is 0 Å². The molecule has 0 bridgehead atoms. The number of hydrogen-bond acceptors (Lipinski definition) is 2. The molecule has 0 fully saturated rings. The average Bonchev–Trinajstić information content (AvgIpc) is 2.89. The van der Waals surface area contributed by atoms with Gasteiger partial charge in [-0.05, 0) is 32.4 Å². The van der Waals surface area contributed by atoms with Gasteiger partial charge in [-0.1, -0.05) is 30.3 Å². The van der Waals surface area contributed by atoms with Gasteiger partial charge in [0.1, 0.15) is 0 Å². The average molecular weight is 243 g/mol. The van der Waals surface area contributed by atoms with E-state index in [-0.39, 0.29) is 0 Å². The molecule has 0 aliphatic heterocycles. The van der Waals surface area contributed by atoms with Crippen LogP contribution in [0.3, 0.4) is 0 Å². The molecule has 1 aromatic carbocycles. The van der Waals surface area contributed by atoms with Gasteiger partial charge in [-0.2, -0.15) is 5.10 Å². The van der Waals surface area contributed by atoms with E-state index < -0.39 is 0 Å². The van der Waals surface area contributed by atoms with Crippen molar-refractivity contribution in [3.05, 3.63) is 53.9 Å². The van der Waals surface area contributed by atoms with Crippen molar-refractivity contribution in [2.45, 2.75) is 32.4 Å². The topological polar surface area (TPSA) is 29.9 Å². The first-order chi connectivity index (χ1) is 8.83. The Kier molecular flexibility index (Phi) is 4.53. The third-order valence-electron chi connectivity index (χ3n) is 3.29. The highest BCUT2D eigenvalue weighted by molar-refractivity contribution is 5.16. The van der Waals surface area contributed by atoms with Crippen molar-refractivity contribution in [2.75, 3.05) is 7.05 Å². The fourth-order valence-corrected chi connectivity index (χ4v) is 2.17. The van der Waals surface area contributed by atoms with Crippen LogP contribution in [-0.4, -0.2) is 16.8 Å². The van der Waals surface area contributed by atoms with Gasteiger partial charge in [-0.3, -0.25) is 4.68 Å². The molecule has 0 amide bonds. The molecule has 2 rings (SSSR count). The van der Waals surface area contributed by atoms with Crippen LogP contribution in [0, 0.1) is 0 Å². The van der Waals surface area contributed by atoms with Gasteiger partial charge in [-0.25, -0.2) is 0 Å². The predicted molar refractivity (Wildman–Crippen MR) is 74.5 cm³/mol. The van der Waals surface area contributed by atoms with E-state index in [4.69, 9.17) is 0 Å². The van der Waals surface area contributed by atoms with Crippen molar-refractivity contribution in [3.63, 3.8) is 0 Å². The molecular weight excluding hydrogens is 222 g/mol. The number of aromatic nitrogens is 2. The summed E-state index contributed by atoms with van der Waals surface area (Å²) in [6.07, 6.45) is 6.28. The maximum atomic E-state index is 4.34. The molecule has 1 aromatic heterocycles. The minimum absolute atomic E-state index is 0.380. The Labute approximate surface area is 109 Å². The summed E-state index contributed by atoms with van der Waals surface area (Å²) < 4.78 is 1.97. The van der Waals surface area contributed by atoms with Crippen molar-refractivity contribution in [3.8, 4) is 0 Å². The molecule has 0 saturated carbocycles. The van der Waals surface area contributed by atoms with Crippen LogP contribution in [0.1, 0.15) is 30.5 Å². The summed E-state index contributed by atoms with van der Waals surface area (Å²) in [6, 6.07) is 11.0. The van der Waals surface area contributed by atoms with Gasteiger partial charge < -0.3 is 5.32 Å². The summed E-state index contributed by atoms with van der Waals surface area (Å²) in [4.78, 5) is 0. The Morgan fingerprint density at radius 3 is 2.67 bits per heavy atom. The molecule has 3 heteroatoms. The lowest BCUT2D eigenvalue weighted by molar-refractivity contribution is 0.548. The summed E-state index contributed by atoms with van der Waals surface area (Å²) in [5.41, 5.74) is 2.66. The molecule has 1 atom stereocenters. The Bertz CT molecular complexity index is 462. The number of benzene rings is 1. The van der Waals surface area contributed by atoms with E-state index in [2.05, 4.69) is 53.9 Å². The molecule has 18 heavy (non-hydrogen) atoms. The summed E-state index contributed by atoms with van der Waals surface area (Å²) >= 11 is 0. The Morgan fingerprint density at radius 1 is 1.28 bits per heavy atom. The molecular formula is C15H21N3. The maximum absolute atomic E-state index is 4.34. The molecule has 1 heterocycles. The molecule has 2 aromatic rings. The van der Waals surface area contributed by atoms with E-state index in [1.54, 1.807) is 0 Å². The van der Waals surface area contributed by atoms with Crippen LogP contribution in [0.25, 0.3) is 0 Å². The van der Waals surface area contributed by atoms with Crippen molar-refractivity contribution in [1.82, 2.24) is 15.1 Å². The monoisotopic (exact) mass is 243 g/mol. The smallest absolute Gasteiger partial charge is 0.0537 e. The van der Waals surface area contributed by atoms with Crippen molar-refractivity contribution in [1.29, 1.82) is 0 Å². The van der Waals surface area contributed by atoms with E-state index in [0.29, 0.717) is 6.04 Å². The molecule has 1 N–H and O–H groups in total. The summed E-state index contributed by atoms with van der Waals surface area (Å²) in [5, 5.41) is 7.71. The molecule has 0 aliphatic rings. The van der Waals surface area contributed by atoms with Gasteiger partial charge in [0.2, 0.25) is 0 Å². The standard InChI is InChI=1S/C15H21N3/c1-3-18-12-14(11-17-18)15(16-2)10-9-13-7-5-4-6-8-13/h4-8,11-12,15-16H,3,9-10H2,1-2H3. The van der Waals surface area contributed by atoms with Gasteiger partial charge in [0.05, 0.1) is 6.20 Å². The molecule has 0 radical (unpaired) electrons. The van der Waals surface area contributed by atoms with Crippen LogP contribution in [0.4, 0.5) is 0 Å². The van der Waals surface area contributed by atoms with Crippen LogP contribution in [0.15, 0.2) is 42.7 Å². The zero-order valence-electron chi connectivity index (χ0n) is 11.1. The van der Waals surface area contributed by atoms with E-state index in [0.717, 1.165) is 19.4 Å². The van der Waals surface area contributed by atoms with E-state index in [1.165, 1.54) is 11.1 Å². The first kappa shape index (κ1) is 12.8. The minimum Gasteiger partial charge on any atom is -0.313 e. The number of rotatable bonds is 6. The van der Waals surface area contributed by atoms with Crippen LogP contribution in [-0.2, 0) is 13.0 Å². The van der Waals surface area contributed by atoms with E-state index in [1.807, 2.05) is 17.9 Å². The number of aryl methyl sites for hydroxylation is 2. The zero-order chi connectivity index (χ0) is 12.8. The van der Waals surface area contributed by atoms with Gasteiger partial charge in [0, 0.05) is 24.3 Å². The van der Waals surface area contributed by atoms with Crippen molar-refractivity contribution < 1.29 is 0 Å². The molecule has 0 saturated heterocycles. The third kappa shape index (κ3) is 3.20. The second-order valence-electron chi connectivity index (χ2n) is 4.49. The highest BCUT2D eigenvalue weighted by Gasteiger charge is 2.11. The van der Waals surface area contributed by atoms with E-state index >= 15 is 0 Å². The minimum atomic E-state index is 0.380. The first-order valence-corrected chi connectivity index (χ1v) is 6.57. The van der Waals surface area contributed by atoms with Crippen LogP contribution in [0.5, 0.6) is 0 Å². The third-order valence-corrected chi connectivity index (χ3v) is 3.29. The van der Waals surface area contributed by atoms with Crippen LogP contribution in [0.2, 0.25) is 0 Å². The fraction of sp³-hybridized carbons (Fsp3) is 0.400. The number of nitrogens with one attached hydrogen (secondary N) is 1. The quantitative estimate of drug-likeness (QED) is 0.845. The van der Waals surface area contributed by atoms with Crippen LogP contribution >= 0.6 is 0 Å². The zero-order valence-corrected chi connectivity index (χ0v) is 11.1. The van der Waals surface area contributed by atoms with E-state index in [9.17, 15) is 0 Å². The maximum Gasteiger partial charge on any atom is 0.0537 e. The second kappa shape index (κ2) is 6.36. The molecule has 3 nitrogen and oxygen atoms in total. The summed E-state index contributed by atoms with van der Waals surface area (Å²) in [5.74, 6) is 0. The van der Waals surface area contributed by atoms with Gasteiger partial charge in [0.25, 0.3) is 0 Å². The highest BCUT2D eigenvalue weighted by atomic mass is 15.3. The number of hydrogen-bond donors (Lipinski definition) is 1. The molecule has 0 aliphatic carbocycles. The lowest BCUT2D eigenvalue weighted by atomic mass is 10.0. The SMILES string of the molecule is CCn1cc(C(CCc2ccccc2)NC)cn1. The lowest BCUT2D eigenvalue weighted by Crippen LogP contribution is -2.16. The fourth-order valence-electron chi connectivity index (χ4n) is 2.17. The van der Waals surface area contributed by atoms with Crippen LogP contribution < -0.4 is 5.32 Å². The predicted octanol–water partition coefficient (Wildman–Crippen LogP) is 2.80. The highest BCUT2D eigenvalue weighted by Crippen LogP contribution is 2.18. The molecule has 0 spiro atoms. The number of nitrogens with zero attached hydrogens (tertiary/aromatic N) is 2. The summed E-state index contributed by atoms with van der Waals surface area (Å²) in [7, 11) is 2.01. The van der Waals surface area contributed by atoms with Crippen molar-refractivity contribution in [2.24, 2.45) is 0 Å². The van der Waals surface area contributed by atoms with Gasteiger partial charge >= 0.3 is 0 Å². The van der Waals surface area contributed by atoms with Gasteiger partial charge in [0.15, 0.2) is 0 Å². The Balaban J connectivity index is 1.97. The normalized spacial score (nSPS) is 12.6. The molecule has 96 valence electrons. The Morgan fingerprint density at radius 2 is 2.06 bits per heavy atom. The largest absolute Gasteiger partial charge is 0.313 e. The summed E-state index contributed by atoms with van der Waals surface area (Å²) in [6.45, 7) is 3.03. The Hall–Kier alpha value is -1.61. The lowest BCUT2D eigenvalue weighted by Gasteiger charge is -2.14. The molecule has 1 unspecified atom stereocenters. The second-order valence-corrected chi connectivity index (χ2v) is 4.49. The van der Waals surface area contributed by atoms with Gasteiger partial charge in [-0.15, -0.1) is 0 Å².